The highest BCUT2D eigenvalue weighted by Crippen LogP contribution is 2.37. The lowest BCUT2D eigenvalue weighted by Gasteiger charge is -2.26. The largest absolute Gasteiger partial charge is 0.459 e. The highest BCUT2D eigenvalue weighted by atomic mass is 16.6. The topological polar surface area (TPSA) is 85.6 Å². The molecule has 0 amide bonds. The number of fused-ring (bicyclic) bond motifs is 2. The van der Waals surface area contributed by atoms with E-state index in [0.29, 0.717) is 42.1 Å². The van der Waals surface area contributed by atoms with Crippen molar-refractivity contribution in [3.63, 3.8) is 0 Å². The van der Waals surface area contributed by atoms with E-state index in [2.05, 4.69) is 6.07 Å². The van der Waals surface area contributed by atoms with Crippen molar-refractivity contribution < 1.29 is 23.8 Å². The molecule has 6 heteroatoms. The summed E-state index contributed by atoms with van der Waals surface area (Å²) < 4.78 is 16.9. The van der Waals surface area contributed by atoms with Gasteiger partial charge in [0.2, 0.25) is 0 Å². The van der Waals surface area contributed by atoms with Crippen LogP contribution in [0.15, 0.2) is 48.5 Å². The van der Waals surface area contributed by atoms with E-state index in [-0.39, 0.29) is 24.2 Å². The molecule has 2 fully saturated rings. The van der Waals surface area contributed by atoms with Gasteiger partial charge in [-0.3, -0.25) is 4.79 Å². The molecule has 2 aromatic carbocycles. The van der Waals surface area contributed by atoms with Crippen molar-refractivity contribution in [2.75, 3.05) is 6.61 Å². The predicted octanol–water partition coefficient (Wildman–Crippen LogP) is 3.39. The summed E-state index contributed by atoms with van der Waals surface area (Å²) in [7, 11) is 0. The minimum absolute atomic E-state index is 0.00603. The SMILES string of the molecule is N#Cc1ccccc1Oc1ccccc1COC(=O)[C@@H]1OC[C@@H]2CC(=O)[C@H]1C2. The Morgan fingerprint density at radius 3 is 2.71 bits per heavy atom. The van der Waals surface area contributed by atoms with E-state index in [4.69, 9.17) is 14.2 Å². The van der Waals surface area contributed by atoms with Crippen LogP contribution in [0.25, 0.3) is 0 Å². The van der Waals surface area contributed by atoms with Gasteiger partial charge in [0.05, 0.1) is 18.1 Å². The van der Waals surface area contributed by atoms with E-state index in [1.807, 2.05) is 6.07 Å². The number of hydrogen-bond acceptors (Lipinski definition) is 6. The summed E-state index contributed by atoms with van der Waals surface area (Å²) in [5.41, 5.74) is 1.08. The van der Waals surface area contributed by atoms with Crippen LogP contribution in [0.4, 0.5) is 0 Å². The van der Waals surface area contributed by atoms with E-state index in [1.165, 1.54) is 0 Å². The van der Waals surface area contributed by atoms with Gasteiger partial charge in [0.1, 0.15) is 30.0 Å². The van der Waals surface area contributed by atoms with E-state index >= 15 is 0 Å². The molecule has 2 aromatic rings. The van der Waals surface area contributed by atoms with Crippen LogP contribution < -0.4 is 4.74 Å². The van der Waals surface area contributed by atoms with Crippen LogP contribution in [0.2, 0.25) is 0 Å². The molecule has 1 aliphatic heterocycles. The van der Waals surface area contributed by atoms with Gasteiger partial charge in [0, 0.05) is 12.0 Å². The molecule has 2 bridgehead atoms. The Morgan fingerprint density at radius 1 is 1.14 bits per heavy atom. The number of carbonyl (C=O) groups is 2. The number of nitrogens with zero attached hydrogens (tertiary/aromatic N) is 1. The van der Waals surface area contributed by atoms with Crippen LogP contribution in [-0.4, -0.2) is 24.5 Å². The number of para-hydroxylation sites is 2. The number of Topliss-reactive ketones (excluding diaryl/α,β-unsaturated/α-hetero) is 1. The normalized spacial score (nSPS) is 23.1. The second kappa shape index (κ2) is 7.83. The molecule has 0 aromatic heterocycles. The van der Waals surface area contributed by atoms with E-state index in [1.54, 1.807) is 42.5 Å². The molecule has 142 valence electrons. The Hall–Kier alpha value is -3.17. The standard InChI is InChI=1S/C22H19NO5/c23-11-15-5-1-3-7-19(15)28-20-8-4-2-6-16(20)13-27-22(25)21-17-9-14(12-26-21)10-18(17)24/h1-8,14,17,21H,9-10,12-13H2/t14-,17+,21+/m0/s1. The van der Waals surface area contributed by atoms with Gasteiger partial charge >= 0.3 is 5.97 Å². The van der Waals surface area contributed by atoms with Crippen molar-refractivity contribution in [1.82, 2.24) is 0 Å². The van der Waals surface area contributed by atoms with E-state index in [0.717, 1.165) is 0 Å². The zero-order valence-corrected chi connectivity index (χ0v) is 15.2. The van der Waals surface area contributed by atoms with Crippen LogP contribution in [0.3, 0.4) is 0 Å². The highest BCUT2D eigenvalue weighted by molar-refractivity contribution is 5.90. The summed E-state index contributed by atoms with van der Waals surface area (Å²) in [6, 6.07) is 16.2. The summed E-state index contributed by atoms with van der Waals surface area (Å²) in [6.45, 7) is 0.417. The fourth-order valence-corrected chi connectivity index (χ4v) is 3.74. The van der Waals surface area contributed by atoms with Crippen LogP contribution in [0.1, 0.15) is 24.0 Å². The number of rotatable bonds is 5. The van der Waals surface area contributed by atoms with E-state index in [9.17, 15) is 14.9 Å². The van der Waals surface area contributed by atoms with Crippen LogP contribution >= 0.6 is 0 Å². The zero-order chi connectivity index (χ0) is 19.5. The van der Waals surface area contributed by atoms with Gasteiger partial charge in [-0.25, -0.2) is 4.79 Å². The van der Waals surface area contributed by atoms with Crippen molar-refractivity contribution in [2.24, 2.45) is 11.8 Å². The molecule has 1 heterocycles. The van der Waals surface area contributed by atoms with Crippen LogP contribution in [-0.2, 0) is 25.7 Å². The molecular weight excluding hydrogens is 358 g/mol. The summed E-state index contributed by atoms with van der Waals surface area (Å²) in [4.78, 5) is 24.5. The molecule has 2 aliphatic rings. The number of nitriles is 1. The fraction of sp³-hybridized carbons (Fsp3) is 0.318. The average molecular weight is 377 g/mol. The maximum absolute atomic E-state index is 12.5. The number of ether oxygens (including phenoxy) is 3. The first-order valence-corrected chi connectivity index (χ1v) is 9.21. The molecule has 1 aliphatic carbocycles. The quantitative estimate of drug-likeness (QED) is 0.743. The summed E-state index contributed by atoms with van der Waals surface area (Å²) >= 11 is 0. The lowest BCUT2D eigenvalue weighted by Crippen LogP contribution is -2.39. The molecule has 1 saturated carbocycles. The third kappa shape index (κ3) is 3.62. The molecule has 0 spiro atoms. The Labute approximate surface area is 162 Å². The molecule has 4 rings (SSSR count). The number of carbonyl (C=O) groups excluding carboxylic acids is 2. The molecule has 0 N–H and O–H groups in total. The Balaban J connectivity index is 1.45. The van der Waals surface area contributed by atoms with Gasteiger partial charge in [-0.2, -0.15) is 5.26 Å². The molecule has 3 atom stereocenters. The first kappa shape index (κ1) is 18.2. The van der Waals surface area contributed by atoms with Crippen molar-refractivity contribution in [1.29, 1.82) is 5.26 Å². The lowest BCUT2D eigenvalue weighted by atomic mass is 9.96. The second-order valence-electron chi connectivity index (χ2n) is 7.06. The van der Waals surface area contributed by atoms with Gasteiger partial charge in [0.25, 0.3) is 0 Å². The third-order valence-electron chi connectivity index (χ3n) is 5.17. The van der Waals surface area contributed by atoms with Gasteiger partial charge in [0.15, 0.2) is 6.10 Å². The van der Waals surface area contributed by atoms with Crippen molar-refractivity contribution in [3.8, 4) is 17.6 Å². The predicted molar refractivity (Wildman–Crippen MR) is 98.4 cm³/mol. The molecule has 0 unspecified atom stereocenters. The molecular formula is C22H19NO5. The Morgan fingerprint density at radius 2 is 1.89 bits per heavy atom. The second-order valence-corrected chi connectivity index (χ2v) is 7.06. The monoisotopic (exact) mass is 377 g/mol. The minimum atomic E-state index is -0.821. The van der Waals surface area contributed by atoms with Crippen molar-refractivity contribution in [3.05, 3.63) is 59.7 Å². The molecule has 28 heavy (non-hydrogen) atoms. The third-order valence-corrected chi connectivity index (χ3v) is 5.17. The number of hydrogen-bond donors (Lipinski definition) is 0. The zero-order valence-electron chi connectivity index (χ0n) is 15.2. The van der Waals surface area contributed by atoms with Crippen molar-refractivity contribution >= 4 is 11.8 Å². The maximum Gasteiger partial charge on any atom is 0.336 e. The summed E-state index contributed by atoms with van der Waals surface area (Å²) in [5, 5.41) is 9.22. The fourth-order valence-electron chi connectivity index (χ4n) is 3.74. The summed E-state index contributed by atoms with van der Waals surface area (Å²) in [6.07, 6.45) is 0.366. The lowest BCUT2D eigenvalue weighted by molar-refractivity contribution is -0.167. The molecule has 6 nitrogen and oxygen atoms in total. The van der Waals surface area contributed by atoms with Gasteiger partial charge in [-0.05, 0) is 30.5 Å². The smallest absolute Gasteiger partial charge is 0.336 e. The first-order valence-electron chi connectivity index (χ1n) is 9.21. The van der Waals surface area contributed by atoms with Crippen molar-refractivity contribution in [2.45, 2.75) is 25.6 Å². The molecule has 0 radical (unpaired) electrons. The Bertz CT molecular complexity index is 948. The average Bonchev–Trinajstić information content (AvgIpc) is 3.01. The Kier molecular flexibility index (Phi) is 5.09. The number of benzene rings is 2. The maximum atomic E-state index is 12.5. The summed E-state index contributed by atoms with van der Waals surface area (Å²) in [5.74, 6) is 0.338. The van der Waals surface area contributed by atoms with Crippen LogP contribution in [0.5, 0.6) is 11.5 Å². The van der Waals surface area contributed by atoms with Crippen LogP contribution in [0, 0.1) is 23.2 Å². The highest BCUT2D eigenvalue weighted by Gasteiger charge is 2.46. The first-order chi connectivity index (χ1) is 13.7. The van der Waals surface area contributed by atoms with Gasteiger partial charge < -0.3 is 14.2 Å². The molecule has 1 saturated heterocycles. The minimum Gasteiger partial charge on any atom is -0.459 e. The number of ketones is 1. The number of esters is 1. The van der Waals surface area contributed by atoms with Gasteiger partial charge in [-0.15, -0.1) is 0 Å². The van der Waals surface area contributed by atoms with E-state index < -0.39 is 12.1 Å². The van der Waals surface area contributed by atoms with Gasteiger partial charge in [-0.1, -0.05) is 30.3 Å².